The Morgan fingerprint density at radius 1 is 1.05 bits per heavy atom. The van der Waals surface area contributed by atoms with Crippen LogP contribution in [0.15, 0.2) is 12.7 Å². The van der Waals surface area contributed by atoms with Crippen LogP contribution in [0.3, 0.4) is 0 Å². The van der Waals surface area contributed by atoms with Crippen LogP contribution in [0.5, 0.6) is 0 Å². The summed E-state index contributed by atoms with van der Waals surface area (Å²) in [5.74, 6) is 0.805. The van der Waals surface area contributed by atoms with E-state index in [9.17, 15) is 9.59 Å². The second-order valence-corrected chi connectivity index (χ2v) is 4.42. The Balaban J connectivity index is 0. The molecule has 0 saturated carbocycles. The van der Waals surface area contributed by atoms with Crippen LogP contribution in [0.4, 0.5) is 0 Å². The quantitative estimate of drug-likeness (QED) is 0.746. The number of carbonyl (C=O) groups is 2. The van der Waals surface area contributed by atoms with Crippen LogP contribution in [0.2, 0.25) is 0 Å². The summed E-state index contributed by atoms with van der Waals surface area (Å²) in [5, 5.41) is 3.09. The van der Waals surface area contributed by atoms with E-state index in [0.29, 0.717) is 11.6 Å². The van der Waals surface area contributed by atoms with Crippen molar-refractivity contribution in [2.24, 2.45) is 0 Å². The standard InChI is InChI=1S/C8H13NO.C5H9NO.ClH.H2O/c1-2-5-9-6-3-8(10)4-7-9;7-5-1-3-6-4-2-5;;/h2H,1,3-7H2;6H,1-4H2;1H;1H2. The molecule has 0 spiro atoms. The summed E-state index contributed by atoms with van der Waals surface area (Å²) < 4.78 is 0. The summed E-state index contributed by atoms with van der Waals surface area (Å²) in [4.78, 5) is 23.4. The van der Waals surface area contributed by atoms with Crippen molar-refractivity contribution >= 4 is 24.0 Å². The lowest BCUT2D eigenvalue weighted by Gasteiger charge is -2.23. The number of nitrogens with one attached hydrogen (secondary N) is 1. The molecule has 0 aromatic rings. The first-order valence-corrected chi connectivity index (χ1v) is 6.29. The Hall–Kier alpha value is -0.750. The monoisotopic (exact) mass is 292 g/mol. The van der Waals surface area contributed by atoms with Gasteiger partial charge in [-0.1, -0.05) is 6.08 Å². The van der Waals surface area contributed by atoms with Crippen molar-refractivity contribution in [1.29, 1.82) is 0 Å². The van der Waals surface area contributed by atoms with Crippen LogP contribution < -0.4 is 5.32 Å². The molecule has 5 nitrogen and oxygen atoms in total. The van der Waals surface area contributed by atoms with Gasteiger partial charge in [0.15, 0.2) is 0 Å². The Kier molecular flexibility index (Phi) is 13.3. The van der Waals surface area contributed by atoms with Gasteiger partial charge < -0.3 is 10.8 Å². The fraction of sp³-hybridized carbons (Fsp3) is 0.692. The lowest BCUT2D eigenvalue weighted by Crippen LogP contribution is -2.33. The fourth-order valence-electron chi connectivity index (χ4n) is 1.87. The van der Waals surface area contributed by atoms with E-state index < -0.39 is 0 Å². The molecule has 2 fully saturated rings. The Labute approximate surface area is 121 Å². The highest BCUT2D eigenvalue weighted by Crippen LogP contribution is 2.04. The van der Waals surface area contributed by atoms with Crippen molar-refractivity contribution < 1.29 is 15.1 Å². The molecule has 2 heterocycles. The van der Waals surface area contributed by atoms with Crippen LogP contribution in [0.25, 0.3) is 0 Å². The van der Waals surface area contributed by atoms with Gasteiger partial charge in [0.25, 0.3) is 0 Å². The van der Waals surface area contributed by atoms with Crippen LogP contribution in [-0.4, -0.2) is 54.7 Å². The number of rotatable bonds is 2. The fourth-order valence-corrected chi connectivity index (χ4v) is 1.87. The van der Waals surface area contributed by atoms with Crippen molar-refractivity contribution in [1.82, 2.24) is 10.2 Å². The van der Waals surface area contributed by atoms with E-state index in [1.54, 1.807) is 0 Å². The topological polar surface area (TPSA) is 80.9 Å². The van der Waals surface area contributed by atoms with E-state index in [-0.39, 0.29) is 17.9 Å². The average Bonchev–Trinajstić information content (AvgIpc) is 2.34. The Morgan fingerprint density at radius 2 is 1.53 bits per heavy atom. The van der Waals surface area contributed by atoms with E-state index in [1.165, 1.54) is 0 Å². The number of ketones is 2. The first kappa shape index (κ1) is 20.6. The molecule has 2 saturated heterocycles. The van der Waals surface area contributed by atoms with E-state index in [4.69, 9.17) is 0 Å². The van der Waals surface area contributed by atoms with E-state index >= 15 is 0 Å². The van der Waals surface area contributed by atoms with Gasteiger partial charge in [0.2, 0.25) is 0 Å². The van der Waals surface area contributed by atoms with Gasteiger partial charge in [0, 0.05) is 58.4 Å². The Bertz CT molecular complexity index is 267. The maximum Gasteiger partial charge on any atom is 0.135 e. The minimum Gasteiger partial charge on any atom is -0.412 e. The predicted molar refractivity (Wildman–Crippen MR) is 78.9 cm³/mol. The predicted octanol–water partition coefficient (Wildman–Crippen LogP) is 0.373. The molecule has 2 aliphatic heterocycles. The molecule has 2 rings (SSSR count). The molecule has 6 heteroatoms. The zero-order valence-electron chi connectivity index (χ0n) is 11.3. The van der Waals surface area contributed by atoms with Gasteiger partial charge in [-0.2, -0.15) is 0 Å². The number of hydrogen-bond donors (Lipinski definition) is 1. The van der Waals surface area contributed by atoms with E-state index in [1.807, 2.05) is 6.08 Å². The molecule has 19 heavy (non-hydrogen) atoms. The van der Waals surface area contributed by atoms with Crippen LogP contribution >= 0.6 is 12.4 Å². The zero-order chi connectivity index (χ0) is 12.5. The van der Waals surface area contributed by atoms with Gasteiger partial charge in [-0.3, -0.25) is 14.5 Å². The highest BCUT2D eigenvalue weighted by atomic mass is 35.5. The van der Waals surface area contributed by atoms with Crippen LogP contribution in [-0.2, 0) is 9.59 Å². The molecule has 112 valence electrons. The lowest BCUT2D eigenvalue weighted by molar-refractivity contribution is -0.121. The molecule has 2 aliphatic rings. The van der Waals surface area contributed by atoms with Gasteiger partial charge in [0.1, 0.15) is 11.6 Å². The smallest absolute Gasteiger partial charge is 0.135 e. The highest BCUT2D eigenvalue weighted by molar-refractivity contribution is 5.85. The van der Waals surface area contributed by atoms with E-state index in [2.05, 4.69) is 16.8 Å². The summed E-state index contributed by atoms with van der Waals surface area (Å²) in [5.41, 5.74) is 0. The van der Waals surface area contributed by atoms with Crippen molar-refractivity contribution in [2.45, 2.75) is 25.7 Å². The maximum absolute atomic E-state index is 10.8. The third-order valence-corrected chi connectivity index (χ3v) is 2.96. The third-order valence-electron chi connectivity index (χ3n) is 2.96. The largest absolute Gasteiger partial charge is 0.412 e. The summed E-state index contributed by atoms with van der Waals surface area (Å²) in [6, 6.07) is 0. The minimum atomic E-state index is 0. The van der Waals surface area contributed by atoms with Crippen molar-refractivity contribution in [3.8, 4) is 0 Å². The summed E-state index contributed by atoms with van der Waals surface area (Å²) in [6.07, 6.45) is 4.82. The molecule has 0 radical (unpaired) electrons. The van der Waals surface area contributed by atoms with Gasteiger partial charge >= 0.3 is 0 Å². The molecule has 0 bridgehead atoms. The van der Waals surface area contributed by atoms with Crippen molar-refractivity contribution in [2.75, 3.05) is 32.7 Å². The number of likely N-dealkylation sites (tertiary alicyclic amines) is 1. The number of Topliss-reactive ketones (excluding diaryl/α,β-unsaturated/α-hetero) is 2. The normalized spacial score (nSPS) is 19.4. The first-order chi connectivity index (χ1) is 8.22. The minimum absolute atomic E-state index is 0. The number of carbonyl (C=O) groups excluding carboxylic acids is 2. The van der Waals surface area contributed by atoms with Gasteiger partial charge in [-0.15, -0.1) is 19.0 Å². The molecular formula is C13H25ClN2O3. The number of piperidine rings is 2. The first-order valence-electron chi connectivity index (χ1n) is 6.29. The summed E-state index contributed by atoms with van der Waals surface area (Å²) in [6.45, 7) is 8.19. The molecular weight excluding hydrogens is 268 g/mol. The summed E-state index contributed by atoms with van der Waals surface area (Å²) >= 11 is 0. The molecule has 0 amide bonds. The van der Waals surface area contributed by atoms with Crippen molar-refractivity contribution in [3.05, 3.63) is 12.7 Å². The SMILES string of the molecule is C=CCN1CCC(=O)CC1.Cl.O.O=C1CCNCC1. The van der Waals surface area contributed by atoms with Gasteiger partial charge in [-0.05, 0) is 0 Å². The molecule has 3 N–H and O–H groups in total. The van der Waals surface area contributed by atoms with Crippen molar-refractivity contribution in [3.63, 3.8) is 0 Å². The second kappa shape index (κ2) is 12.3. The number of hydrogen-bond acceptors (Lipinski definition) is 4. The van der Waals surface area contributed by atoms with Crippen LogP contribution in [0.1, 0.15) is 25.7 Å². The number of nitrogens with zero attached hydrogens (tertiary/aromatic N) is 1. The average molecular weight is 293 g/mol. The van der Waals surface area contributed by atoms with Gasteiger partial charge in [0.05, 0.1) is 0 Å². The van der Waals surface area contributed by atoms with Crippen LogP contribution in [0, 0.1) is 0 Å². The zero-order valence-corrected chi connectivity index (χ0v) is 12.1. The summed E-state index contributed by atoms with van der Waals surface area (Å²) in [7, 11) is 0. The number of halogens is 1. The molecule has 0 aromatic carbocycles. The molecule has 0 aliphatic carbocycles. The van der Waals surface area contributed by atoms with Gasteiger partial charge in [-0.25, -0.2) is 0 Å². The molecule has 0 unspecified atom stereocenters. The maximum atomic E-state index is 10.8. The highest BCUT2D eigenvalue weighted by Gasteiger charge is 2.13. The third kappa shape index (κ3) is 9.78. The molecule has 0 aromatic heterocycles. The molecule has 0 atom stereocenters. The second-order valence-electron chi connectivity index (χ2n) is 4.42. The van der Waals surface area contributed by atoms with E-state index in [0.717, 1.165) is 58.4 Å². The Morgan fingerprint density at radius 3 is 1.89 bits per heavy atom. The lowest BCUT2D eigenvalue weighted by atomic mass is 10.1.